The lowest BCUT2D eigenvalue weighted by Crippen LogP contribution is -2.06. The Morgan fingerprint density at radius 3 is 2.30 bits per heavy atom. The van der Waals surface area contributed by atoms with Gasteiger partial charge in [0.1, 0.15) is 0 Å². The highest BCUT2D eigenvalue weighted by Gasteiger charge is 2.16. The van der Waals surface area contributed by atoms with Crippen LogP contribution in [0.3, 0.4) is 0 Å². The molecule has 1 nitrogen and oxygen atoms in total. The van der Waals surface area contributed by atoms with E-state index >= 15 is 0 Å². The predicted octanol–water partition coefficient (Wildman–Crippen LogP) is 4.38. The third-order valence-corrected chi connectivity index (χ3v) is 4.02. The molecule has 0 spiro atoms. The van der Waals surface area contributed by atoms with Crippen molar-refractivity contribution in [2.24, 2.45) is 0 Å². The summed E-state index contributed by atoms with van der Waals surface area (Å²) in [5.41, 5.74) is 6.57. The van der Waals surface area contributed by atoms with Gasteiger partial charge in [-0.25, -0.2) is 0 Å². The molecule has 0 aliphatic heterocycles. The van der Waals surface area contributed by atoms with E-state index in [1.807, 2.05) is 0 Å². The normalized spacial score (nSPS) is 12.4. The number of hydrogen-bond acceptors (Lipinski definition) is 1. The van der Waals surface area contributed by atoms with E-state index in [-0.39, 0.29) is 12.5 Å². The number of aryl methyl sites for hydroxylation is 3. The van der Waals surface area contributed by atoms with Gasteiger partial charge in [0.25, 0.3) is 0 Å². The third kappa shape index (κ3) is 3.29. The summed E-state index contributed by atoms with van der Waals surface area (Å²) in [5, 5.41) is 9.42. The van der Waals surface area contributed by atoms with Gasteiger partial charge in [-0.2, -0.15) is 0 Å². The number of rotatable bonds is 5. The summed E-state index contributed by atoms with van der Waals surface area (Å²) >= 11 is 0. The van der Waals surface area contributed by atoms with E-state index in [1.165, 1.54) is 27.8 Å². The Labute approximate surface area is 122 Å². The van der Waals surface area contributed by atoms with Crippen molar-refractivity contribution < 1.29 is 5.11 Å². The van der Waals surface area contributed by atoms with Crippen LogP contribution in [-0.4, -0.2) is 11.7 Å². The van der Waals surface area contributed by atoms with Crippen molar-refractivity contribution in [2.75, 3.05) is 6.61 Å². The molecule has 0 aliphatic carbocycles. The van der Waals surface area contributed by atoms with Crippen molar-refractivity contribution in [1.82, 2.24) is 0 Å². The molecule has 0 saturated carbocycles. The lowest BCUT2D eigenvalue weighted by atomic mass is 9.85. The summed E-state index contributed by atoms with van der Waals surface area (Å²) in [6.07, 6.45) is 1.84. The summed E-state index contributed by atoms with van der Waals surface area (Å²) in [5.74, 6) is 0.283. The Morgan fingerprint density at radius 2 is 1.70 bits per heavy atom. The maximum atomic E-state index is 9.42. The van der Waals surface area contributed by atoms with Gasteiger partial charge < -0.3 is 5.11 Å². The van der Waals surface area contributed by atoms with E-state index in [4.69, 9.17) is 0 Å². The van der Waals surface area contributed by atoms with E-state index in [0.717, 1.165) is 12.8 Å². The first-order chi connectivity index (χ1) is 9.65. The minimum absolute atomic E-state index is 0.216. The van der Waals surface area contributed by atoms with Crippen LogP contribution >= 0.6 is 0 Å². The van der Waals surface area contributed by atoms with Crippen LogP contribution in [0.1, 0.15) is 47.1 Å². The molecule has 2 aromatic rings. The number of benzene rings is 2. The predicted molar refractivity (Wildman–Crippen MR) is 85.3 cm³/mol. The molecule has 0 amide bonds. The molecule has 0 heterocycles. The SMILES string of the molecule is CCc1ccc(C(CCO)c2cc(C)ccc2C)cc1. The molecule has 0 aliphatic rings. The highest BCUT2D eigenvalue weighted by Crippen LogP contribution is 2.31. The van der Waals surface area contributed by atoms with E-state index < -0.39 is 0 Å². The van der Waals surface area contributed by atoms with Gasteiger partial charge in [-0.3, -0.25) is 0 Å². The monoisotopic (exact) mass is 268 g/mol. The second kappa shape index (κ2) is 6.71. The molecule has 2 rings (SSSR count). The molecular weight excluding hydrogens is 244 g/mol. The highest BCUT2D eigenvalue weighted by atomic mass is 16.3. The molecule has 1 unspecified atom stereocenters. The lowest BCUT2D eigenvalue weighted by Gasteiger charge is -2.20. The Balaban J connectivity index is 2.41. The van der Waals surface area contributed by atoms with Crippen LogP contribution < -0.4 is 0 Å². The first-order valence-corrected chi connectivity index (χ1v) is 7.42. The molecule has 0 aromatic heterocycles. The van der Waals surface area contributed by atoms with Gasteiger partial charge in [0.05, 0.1) is 0 Å². The Kier molecular flexibility index (Phi) is 4.97. The fourth-order valence-corrected chi connectivity index (χ4v) is 2.75. The molecule has 0 radical (unpaired) electrons. The van der Waals surface area contributed by atoms with Crippen molar-refractivity contribution in [2.45, 2.75) is 39.5 Å². The topological polar surface area (TPSA) is 20.2 Å². The van der Waals surface area contributed by atoms with Gasteiger partial charge in [0, 0.05) is 12.5 Å². The summed E-state index contributed by atoms with van der Waals surface area (Å²) in [6.45, 7) is 6.66. The number of aliphatic hydroxyl groups excluding tert-OH is 1. The van der Waals surface area contributed by atoms with Crippen LogP contribution in [0, 0.1) is 13.8 Å². The minimum atomic E-state index is 0.216. The largest absolute Gasteiger partial charge is 0.396 e. The van der Waals surface area contributed by atoms with Crippen LogP contribution in [0.4, 0.5) is 0 Å². The standard InChI is InChI=1S/C19H24O/c1-4-16-7-9-17(10-8-16)18(11-12-20)19-13-14(2)5-6-15(19)3/h5-10,13,18,20H,4,11-12H2,1-3H3. The molecule has 0 bridgehead atoms. The molecular formula is C19H24O. The average molecular weight is 268 g/mol. The van der Waals surface area contributed by atoms with Crippen LogP contribution in [0.15, 0.2) is 42.5 Å². The van der Waals surface area contributed by atoms with Crippen molar-refractivity contribution in [1.29, 1.82) is 0 Å². The summed E-state index contributed by atoms with van der Waals surface area (Å²) < 4.78 is 0. The van der Waals surface area contributed by atoms with E-state index in [1.54, 1.807) is 0 Å². The fraction of sp³-hybridized carbons (Fsp3) is 0.368. The smallest absolute Gasteiger partial charge is 0.0440 e. The van der Waals surface area contributed by atoms with E-state index in [9.17, 15) is 5.11 Å². The molecule has 1 heteroatoms. The zero-order valence-electron chi connectivity index (χ0n) is 12.7. The van der Waals surface area contributed by atoms with Crippen LogP contribution in [0.2, 0.25) is 0 Å². The zero-order chi connectivity index (χ0) is 14.5. The van der Waals surface area contributed by atoms with E-state index in [0.29, 0.717) is 0 Å². The number of hydrogen-bond donors (Lipinski definition) is 1. The molecule has 0 saturated heterocycles. The molecule has 20 heavy (non-hydrogen) atoms. The molecule has 1 atom stereocenters. The van der Waals surface area contributed by atoms with Crippen molar-refractivity contribution in [3.8, 4) is 0 Å². The molecule has 106 valence electrons. The quantitative estimate of drug-likeness (QED) is 0.853. The van der Waals surface area contributed by atoms with Crippen LogP contribution in [-0.2, 0) is 6.42 Å². The van der Waals surface area contributed by atoms with E-state index in [2.05, 4.69) is 63.2 Å². The lowest BCUT2D eigenvalue weighted by molar-refractivity contribution is 0.281. The average Bonchev–Trinajstić information content (AvgIpc) is 2.48. The minimum Gasteiger partial charge on any atom is -0.396 e. The first kappa shape index (κ1) is 14.8. The Hall–Kier alpha value is -1.60. The summed E-state index contributed by atoms with van der Waals surface area (Å²) in [4.78, 5) is 0. The van der Waals surface area contributed by atoms with Crippen LogP contribution in [0.5, 0.6) is 0 Å². The van der Waals surface area contributed by atoms with Crippen LogP contribution in [0.25, 0.3) is 0 Å². The molecule has 0 fully saturated rings. The zero-order valence-corrected chi connectivity index (χ0v) is 12.7. The van der Waals surface area contributed by atoms with Crippen molar-refractivity contribution in [3.63, 3.8) is 0 Å². The van der Waals surface area contributed by atoms with Gasteiger partial charge in [-0.05, 0) is 48.9 Å². The molecule has 1 N–H and O–H groups in total. The van der Waals surface area contributed by atoms with Crippen molar-refractivity contribution >= 4 is 0 Å². The van der Waals surface area contributed by atoms with Gasteiger partial charge in [-0.1, -0.05) is 55.0 Å². The van der Waals surface area contributed by atoms with Gasteiger partial charge in [0.2, 0.25) is 0 Å². The first-order valence-electron chi connectivity index (χ1n) is 7.42. The second-order valence-electron chi connectivity index (χ2n) is 5.52. The second-order valence-corrected chi connectivity index (χ2v) is 5.52. The maximum absolute atomic E-state index is 9.42. The van der Waals surface area contributed by atoms with Gasteiger partial charge >= 0.3 is 0 Å². The maximum Gasteiger partial charge on any atom is 0.0440 e. The number of aliphatic hydroxyl groups is 1. The fourth-order valence-electron chi connectivity index (χ4n) is 2.75. The summed E-state index contributed by atoms with van der Waals surface area (Å²) in [6, 6.07) is 15.4. The Morgan fingerprint density at radius 1 is 1.00 bits per heavy atom. The van der Waals surface area contributed by atoms with Crippen molar-refractivity contribution in [3.05, 3.63) is 70.3 Å². The van der Waals surface area contributed by atoms with Gasteiger partial charge in [0.15, 0.2) is 0 Å². The third-order valence-electron chi connectivity index (χ3n) is 4.02. The summed E-state index contributed by atoms with van der Waals surface area (Å²) in [7, 11) is 0. The Bertz CT molecular complexity index is 554. The van der Waals surface area contributed by atoms with Gasteiger partial charge in [-0.15, -0.1) is 0 Å². The highest BCUT2D eigenvalue weighted by molar-refractivity contribution is 5.40. The molecule has 2 aromatic carbocycles.